The fraction of sp³-hybridized carbons (Fsp3) is 0.346. The Balaban J connectivity index is 1.26. The topological polar surface area (TPSA) is 68.2 Å². The molecule has 0 saturated carbocycles. The predicted octanol–water partition coefficient (Wildman–Crippen LogP) is 4.61. The second-order valence-corrected chi connectivity index (χ2v) is 8.17. The Morgan fingerprint density at radius 3 is 2.62 bits per heavy atom. The molecule has 1 fully saturated rings. The molecule has 0 spiro atoms. The Bertz CT molecular complexity index is 1020. The van der Waals surface area contributed by atoms with Crippen LogP contribution in [0.25, 0.3) is 6.08 Å². The fourth-order valence-corrected chi connectivity index (χ4v) is 4.27. The molecule has 0 N–H and O–H groups in total. The lowest BCUT2D eigenvalue weighted by molar-refractivity contribution is -0.119. The highest BCUT2D eigenvalue weighted by molar-refractivity contribution is 6.04. The van der Waals surface area contributed by atoms with Gasteiger partial charge in [0, 0.05) is 24.6 Å². The Morgan fingerprint density at radius 1 is 1.09 bits per heavy atom. The van der Waals surface area contributed by atoms with E-state index in [0.29, 0.717) is 25.9 Å². The summed E-state index contributed by atoms with van der Waals surface area (Å²) in [6.07, 6.45) is 6.37. The highest BCUT2D eigenvalue weighted by Gasteiger charge is 2.27. The van der Waals surface area contributed by atoms with Gasteiger partial charge >= 0.3 is 6.09 Å². The van der Waals surface area contributed by atoms with Gasteiger partial charge in [-0.2, -0.15) is 0 Å². The molecular weight excluding hydrogens is 404 g/mol. The molecule has 1 aliphatic carbocycles. The van der Waals surface area contributed by atoms with Crippen LogP contribution < -0.4 is 0 Å². The maximum Gasteiger partial charge on any atom is 0.410 e. The van der Waals surface area contributed by atoms with Crippen molar-refractivity contribution >= 4 is 23.7 Å². The van der Waals surface area contributed by atoms with Crippen molar-refractivity contribution in [2.45, 2.75) is 32.3 Å². The monoisotopic (exact) mass is 432 g/mol. The van der Waals surface area contributed by atoms with Crippen LogP contribution in [0.4, 0.5) is 4.79 Å². The van der Waals surface area contributed by atoms with Crippen molar-refractivity contribution in [3.05, 3.63) is 76.9 Å². The number of benzene rings is 2. The average Bonchev–Trinajstić information content (AvgIpc) is 3.24. The standard InChI is InChI=1S/C26H28N2O4/c1-31-27-24-11-9-22-17-19(7-10-23(22)24)8-12-25(29)21-13-15-28(16-14-21)26(30)32-18-20-5-3-2-4-6-20/h2-8,10,12,17,21H,9,11,13-16,18H2,1H3. The van der Waals surface area contributed by atoms with Crippen molar-refractivity contribution in [1.82, 2.24) is 4.90 Å². The van der Waals surface area contributed by atoms with Crippen LogP contribution in [0.1, 0.15) is 41.5 Å². The number of oxime groups is 1. The molecule has 2 aromatic rings. The Morgan fingerprint density at radius 2 is 1.88 bits per heavy atom. The lowest BCUT2D eigenvalue weighted by Gasteiger charge is -2.30. The minimum atomic E-state index is -0.315. The highest BCUT2D eigenvalue weighted by Crippen LogP contribution is 2.25. The molecule has 6 heteroatoms. The number of amides is 1. The molecule has 2 aliphatic rings. The molecular formula is C26H28N2O4. The summed E-state index contributed by atoms with van der Waals surface area (Å²) in [7, 11) is 1.56. The molecule has 1 amide bonds. The van der Waals surface area contributed by atoms with Crippen molar-refractivity contribution in [1.29, 1.82) is 0 Å². The number of aryl methyl sites for hydroxylation is 1. The molecule has 6 nitrogen and oxygen atoms in total. The third-order valence-electron chi connectivity index (χ3n) is 6.07. The Kier molecular flexibility index (Phi) is 7.00. The Hall–Kier alpha value is -3.41. The molecule has 0 bridgehead atoms. The number of nitrogens with zero attached hydrogens (tertiary/aromatic N) is 2. The average molecular weight is 433 g/mol. The first-order chi connectivity index (χ1) is 15.6. The second kappa shape index (κ2) is 10.3. The van der Waals surface area contributed by atoms with Gasteiger partial charge in [0.1, 0.15) is 13.7 Å². The summed E-state index contributed by atoms with van der Waals surface area (Å²) in [5.41, 5.74) is 5.31. The van der Waals surface area contributed by atoms with E-state index in [9.17, 15) is 9.59 Å². The Labute approximate surface area is 188 Å². The first-order valence-corrected chi connectivity index (χ1v) is 11.0. The summed E-state index contributed by atoms with van der Waals surface area (Å²) >= 11 is 0. The van der Waals surface area contributed by atoms with E-state index in [2.05, 4.69) is 11.2 Å². The van der Waals surface area contributed by atoms with Gasteiger partial charge in [0.25, 0.3) is 0 Å². The maximum absolute atomic E-state index is 12.7. The summed E-state index contributed by atoms with van der Waals surface area (Å²) in [6, 6.07) is 15.8. The summed E-state index contributed by atoms with van der Waals surface area (Å²) in [6.45, 7) is 1.34. The molecule has 0 radical (unpaired) electrons. The molecule has 4 rings (SSSR count). The van der Waals surface area contributed by atoms with Gasteiger partial charge in [-0.1, -0.05) is 59.8 Å². The first kappa shape index (κ1) is 21.8. The van der Waals surface area contributed by atoms with E-state index < -0.39 is 0 Å². The van der Waals surface area contributed by atoms with Gasteiger partial charge in [-0.25, -0.2) is 4.79 Å². The smallest absolute Gasteiger partial charge is 0.410 e. The molecule has 0 unspecified atom stereocenters. The van der Waals surface area contributed by atoms with Gasteiger partial charge in [-0.15, -0.1) is 0 Å². The van der Waals surface area contributed by atoms with E-state index in [-0.39, 0.29) is 24.4 Å². The first-order valence-electron chi connectivity index (χ1n) is 11.0. The van der Waals surface area contributed by atoms with Crippen LogP contribution in [0.15, 0.2) is 59.8 Å². The normalized spacial score (nSPS) is 17.5. The number of hydrogen-bond acceptors (Lipinski definition) is 5. The number of likely N-dealkylation sites (tertiary alicyclic amines) is 1. The van der Waals surface area contributed by atoms with Gasteiger partial charge in [0.05, 0.1) is 5.71 Å². The summed E-state index contributed by atoms with van der Waals surface area (Å²) in [5, 5.41) is 4.08. The zero-order chi connectivity index (χ0) is 22.3. The van der Waals surface area contributed by atoms with Crippen molar-refractivity contribution < 1.29 is 19.2 Å². The van der Waals surface area contributed by atoms with Crippen LogP contribution in [-0.4, -0.2) is 42.7 Å². The van der Waals surface area contributed by atoms with Crippen molar-refractivity contribution in [2.24, 2.45) is 11.1 Å². The van der Waals surface area contributed by atoms with Crippen molar-refractivity contribution in [3.63, 3.8) is 0 Å². The number of hydrogen-bond donors (Lipinski definition) is 0. The lowest BCUT2D eigenvalue weighted by atomic mass is 9.92. The third kappa shape index (κ3) is 5.25. The highest BCUT2D eigenvalue weighted by atomic mass is 16.6. The van der Waals surface area contributed by atoms with E-state index in [1.807, 2.05) is 48.5 Å². The number of piperidine rings is 1. The summed E-state index contributed by atoms with van der Waals surface area (Å²) in [5.74, 6) is 0.0590. The maximum atomic E-state index is 12.7. The number of ether oxygens (including phenoxy) is 1. The van der Waals surface area contributed by atoms with Crippen LogP contribution in [0.5, 0.6) is 0 Å². The quantitative estimate of drug-likeness (QED) is 0.494. The minimum Gasteiger partial charge on any atom is -0.445 e. The molecule has 32 heavy (non-hydrogen) atoms. The zero-order valence-electron chi connectivity index (χ0n) is 18.3. The van der Waals surface area contributed by atoms with Crippen LogP contribution >= 0.6 is 0 Å². The van der Waals surface area contributed by atoms with Gasteiger partial charge in [0.2, 0.25) is 0 Å². The molecule has 0 atom stereocenters. The van der Waals surface area contributed by atoms with Crippen molar-refractivity contribution in [2.75, 3.05) is 20.2 Å². The molecule has 2 aromatic carbocycles. The number of carbonyl (C=O) groups is 2. The minimum absolute atomic E-state index is 0.0562. The summed E-state index contributed by atoms with van der Waals surface area (Å²) < 4.78 is 5.40. The van der Waals surface area contributed by atoms with Gasteiger partial charge in [-0.05, 0) is 48.4 Å². The molecule has 0 aromatic heterocycles. The third-order valence-corrected chi connectivity index (χ3v) is 6.07. The van der Waals surface area contributed by atoms with E-state index in [0.717, 1.165) is 35.2 Å². The lowest BCUT2D eigenvalue weighted by Crippen LogP contribution is -2.40. The molecule has 1 saturated heterocycles. The second-order valence-electron chi connectivity index (χ2n) is 8.17. The molecule has 1 heterocycles. The van der Waals surface area contributed by atoms with E-state index >= 15 is 0 Å². The van der Waals surface area contributed by atoms with Crippen LogP contribution in [-0.2, 0) is 27.4 Å². The van der Waals surface area contributed by atoms with Crippen molar-refractivity contribution in [3.8, 4) is 0 Å². The summed E-state index contributed by atoms with van der Waals surface area (Å²) in [4.78, 5) is 31.6. The largest absolute Gasteiger partial charge is 0.445 e. The number of allylic oxidation sites excluding steroid dienone is 1. The zero-order valence-corrected chi connectivity index (χ0v) is 18.3. The SMILES string of the molecule is CON=C1CCc2cc(C=CC(=O)C3CCN(C(=O)OCc4ccccc4)CC3)ccc21. The number of ketones is 1. The number of fused-ring (bicyclic) bond motifs is 1. The van der Waals surface area contributed by atoms with Gasteiger partial charge in [-0.3, -0.25) is 4.79 Å². The van der Waals surface area contributed by atoms with Crippen LogP contribution in [0, 0.1) is 5.92 Å². The predicted molar refractivity (Wildman–Crippen MR) is 123 cm³/mol. The van der Waals surface area contributed by atoms with Crippen LogP contribution in [0.2, 0.25) is 0 Å². The number of rotatable bonds is 6. The van der Waals surface area contributed by atoms with E-state index in [4.69, 9.17) is 9.57 Å². The number of carbonyl (C=O) groups excluding carboxylic acids is 2. The fourth-order valence-electron chi connectivity index (χ4n) is 4.27. The van der Waals surface area contributed by atoms with Crippen LogP contribution in [0.3, 0.4) is 0 Å². The van der Waals surface area contributed by atoms with E-state index in [1.54, 1.807) is 18.1 Å². The molecule has 1 aliphatic heterocycles. The van der Waals surface area contributed by atoms with E-state index in [1.165, 1.54) is 5.56 Å². The van der Waals surface area contributed by atoms with Gasteiger partial charge in [0.15, 0.2) is 5.78 Å². The molecule has 166 valence electrons. The van der Waals surface area contributed by atoms with Gasteiger partial charge < -0.3 is 14.5 Å².